The lowest BCUT2D eigenvalue weighted by Crippen LogP contribution is -2.54. The molecule has 3 fully saturated rings. The minimum Gasteiger partial charge on any atom is -0.748 e. The molecular formula is C20H32N4O7S. The number of morpholine rings is 1. The normalized spacial score (nSPS) is 28.1. The summed E-state index contributed by atoms with van der Waals surface area (Å²) in [5.41, 5.74) is -1.22. The fraction of sp³-hybridized carbons (Fsp3) is 0.800. The van der Waals surface area contributed by atoms with E-state index in [1.54, 1.807) is 0 Å². The Morgan fingerprint density at radius 3 is 2.09 bits per heavy atom. The first kappa shape index (κ1) is 24.7. The summed E-state index contributed by atoms with van der Waals surface area (Å²) in [6.07, 6.45) is 1.88. The maximum absolute atomic E-state index is 11.8. The minimum absolute atomic E-state index is 0.0248. The number of rotatable bonds is 5. The van der Waals surface area contributed by atoms with Crippen molar-refractivity contribution >= 4 is 21.8 Å². The van der Waals surface area contributed by atoms with Crippen LogP contribution in [0.2, 0.25) is 0 Å². The second kappa shape index (κ2) is 8.81. The molecule has 2 bridgehead atoms. The number of hydrogen-bond acceptors (Lipinski definition) is 10. The molecule has 0 unspecified atom stereocenters. The Hall–Kier alpha value is -1.89. The fourth-order valence-corrected chi connectivity index (χ4v) is 6.39. The van der Waals surface area contributed by atoms with Gasteiger partial charge >= 0.3 is 18.0 Å². The van der Waals surface area contributed by atoms with Crippen LogP contribution in [0.3, 0.4) is 0 Å². The summed E-state index contributed by atoms with van der Waals surface area (Å²) in [7, 11) is 0.791. The largest absolute Gasteiger partial charge is 0.748 e. The Labute approximate surface area is 188 Å². The third-order valence-electron chi connectivity index (χ3n) is 7.45. The number of nitrogens with zero attached hydrogens (tertiary/aromatic N) is 4. The topological polar surface area (TPSA) is 141 Å². The lowest BCUT2D eigenvalue weighted by molar-refractivity contribution is -0.128. The van der Waals surface area contributed by atoms with Crippen molar-refractivity contribution in [1.82, 2.24) is 19.4 Å². The fourth-order valence-electron chi connectivity index (χ4n) is 5.11. The van der Waals surface area contributed by atoms with Crippen LogP contribution in [0.15, 0.2) is 0 Å². The van der Waals surface area contributed by atoms with E-state index in [-0.39, 0.29) is 29.1 Å². The molecule has 12 heteroatoms. The van der Waals surface area contributed by atoms with Crippen LogP contribution in [0, 0.1) is 16.7 Å². The Kier molecular flexibility index (Phi) is 6.81. The van der Waals surface area contributed by atoms with E-state index < -0.39 is 21.3 Å². The van der Waals surface area contributed by atoms with E-state index >= 15 is 0 Å². The van der Waals surface area contributed by atoms with Crippen molar-refractivity contribution in [2.75, 3.05) is 53.3 Å². The molecule has 0 N–H and O–H groups in total. The van der Waals surface area contributed by atoms with Gasteiger partial charge in [-0.1, -0.05) is 13.8 Å². The molecule has 0 spiro atoms. The zero-order chi connectivity index (χ0) is 23.8. The standard InChI is InChI=1S/C10H17N4O3.C10H16O4S/c1-14(4-6-17-7-5-14)8-11-9(15-2)13-10(12-8)16-3;1-9(2)7-3-4-10(9,8(11)5-7)6-15(12,13)14/h4-7H2,1-3H3;7H,3-6H2,1-2H3,(H,12,13,14)/q+1;/p-1/t;7-,10-/m.0/s1. The van der Waals surface area contributed by atoms with Crippen molar-refractivity contribution in [2.24, 2.45) is 16.7 Å². The number of hydrogen-bond donors (Lipinski definition) is 0. The van der Waals surface area contributed by atoms with Crippen LogP contribution in [0.25, 0.3) is 0 Å². The molecular weight excluding hydrogens is 440 g/mol. The van der Waals surface area contributed by atoms with Crippen molar-refractivity contribution in [2.45, 2.75) is 33.1 Å². The summed E-state index contributed by atoms with van der Waals surface area (Å²) in [4.78, 5) is 24.4. The first-order valence-corrected chi connectivity index (χ1v) is 12.2. The highest BCUT2D eigenvalue weighted by molar-refractivity contribution is 7.85. The van der Waals surface area contributed by atoms with Crippen molar-refractivity contribution < 1.29 is 32.0 Å². The van der Waals surface area contributed by atoms with E-state index in [2.05, 4.69) is 22.0 Å². The second-order valence-corrected chi connectivity index (χ2v) is 10.8. The van der Waals surface area contributed by atoms with Crippen LogP contribution in [-0.4, -0.2) is 87.0 Å². The van der Waals surface area contributed by atoms with Crippen molar-refractivity contribution in [3.05, 3.63) is 0 Å². The van der Waals surface area contributed by atoms with Crippen molar-refractivity contribution in [1.29, 1.82) is 0 Å². The third-order valence-corrected chi connectivity index (χ3v) is 8.30. The molecule has 2 heterocycles. The maximum Gasteiger partial charge on any atom is 0.338 e. The number of carbonyl (C=O) groups excluding carboxylic acids is 1. The van der Waals surface area contributed by atoms with Gasteiger partial charge in [0.15, 0.2) is 0 Å². The molecule has 1 saturated heterocycles. The van der Waals surface area contributed by atoms with E-state index in [4.69, 9.17) is 14.2 Å². The van der Waals surface area contributed by atoms with Gasteiger partial charge in [0.05, 0.1) is 50.4 Å². The smallest absolute Gasteiger partial charge is 0.338 e. The third kappa shape index (κ3) is 4.59. The number of carbonyl (C=O) groups is 1. The molecule has 2 aliphatic carbocycles. The van der Waals surface area contributed by atoms with Crippen LogP contribution in [0.4, 0.5) is 5.95 Å². The van der Waals surface area contributed by atoms with Gasteiger partial charge in [0, 0.05) is 11.8 Å². The first-order chi connectivity index (χ1) is 14.9. The molecule has 0 radical (unpaired) electrons. The number of likely N-dealkylation sites (N-methyl/N-ethyl adjacent to an activating group) is 1. The summed E-state index contributed by atoms with van der Waals surface area (Å²) in [5.74, 6) is 0.370. The zero-order valence-electron chi connectivity index (χ0n) is 19.3. The van der Waals surface area contributed by atoms with Crippen LogP contribution in [0.5, 0.6) is 12.0 Å². The van der Waals surface area contributed by atoms with Crippen LogP contribution >= 0.6 is 0 Å². The summed E-state index contributed by atoms with van der Waals surface area (Å²) < 4.78 is 48.7. The molecule has 2 atom stereocenters. The lowest BCUT2D eigenvalue weighted by Gasteiger charge is -2.37. The van der Waals surface area contributed by atoms with Gasteiger partial charge < -0.3 is 18.8 Å². The second-order valence-electron chi connectivity index (χ2n) is 9.43. The molecule has 32 heavy (non-hydrogen) atoms. The van der Waals surface area contributed by atoms with E-state index in [1.807, 2.05) is 13.8 Å². The average Bonchev–Trinajstić information content (AvgIpc) is 3.07. The molecule has 0 amide bonds. The highest BCUT2D eigenvalue weighted by atomic mass is 32.2. The average molecular weight is 473 g/mol. The van der Waals surface area contributed by atoms with Crippen molar-refractivity contribution in [3.8, 4) is 12.0 Å². The van der Waals surface area contributed by atoms with Crippen LogP contribution in [-0.2, 0) is 19.6 Å². The molecule has 0 aromatic carbocycles. The predicted molar refractivity (Wildman–Crippen MR) is 114 cm³/mol. The summed E-state index contributed by atoms with van der Waals surface area (Å²) in [5, 5.41) is 0. The SMILES string of the molecule is CC1(C)[C@H]2CC[C@]1(CS(=O)(=O)[O-])C(=O)C2.COc1nc(OC)nc([N+]2(C)CCOCC2)n1. The number of quaternary nitrogens is 1. The molecule has 180 valence electrons. The van der Waals surface area contributed by atoms with E-state index in [0.29, 0.717) is 36.5 Å². The van der Waals surface area contributed by atoms with Gasteiger partial charge in [0.1, 0.15) is 18.9 Å². The molecule has 11 nitrogen and oxygen atoms in total. The zero-order valence-corrected chi connectivity index (χ0v) is 20.1. The van der Waals surface area contributed by atoms with E-state index in [1.165, 1.54) is 14.2 Å². The maximum atomic E-state index is 11.8. The Morgan fingerprint density at radius 1 is 1.12 bits per heavy atom. The van der Waals surface area contributed by atoms with Crippen LogP contribution < -0.4 is 14.0 Å². The van der Waals surface area contributed by atoms with Gasteiger partial charge in [0.2, 0.25) is 0 Å². The molecule has 1 aromatic rings. The first-order valence-electron chi connectivity index (χ1n) is 10.6. The Morgan fingerprint density at radius 2 is 1.69 bits per heavy atom. The van der Waals surface area contributed by atoms with Gasteiger partial charge in [-0.15, -0.1) is 15.0 Å². The Bertz CT molecular complexity index is 940. The molecule has 1 aliphatic heterocycles. The highest BCUT2D eigenvalue weighted by Crippen LogP contribution is 2.64. The Balaban J connectivity index is 0.000000182. The van der Waals surface area contributed by atoms with Gasteiger partial charge in [-0.2, -0.15) is 0 Å². The van der Waals surface area contributed by atoms with E-state index in [0.717, 1.165) is 19.5 Å². The van der Waals surface area contributed by atoms with Gasteiger partial charge in [-0.05, 0) is 24.2 Å². The molecule has 3 aliphatic rings. The minimum atomic E-state index is -4.33. The number of methoxy groups -OCH3 is 2. The predicted octanol–water partition coefficient (Wildman–Crippen LogP) is 0.783. The monoisotopic (exact) mass is 472 g/mol. The van der Waals surface area contributed by atoms with E-state index in [9.17, 15) is 17.8 Å². The van der Waals surface area contributed by atoms with Crippen LogP contribution in [0.1, 0.15) is 33.1 Å². The lowest BCUT2D eigenvalue weighted by atomic mass is 9.70. The van der Waals surface area contributed by atoms with Crippen molar-refractivity contribution in [3.63, 3.8) is 0 Å². The molecule has 4 rings (SSSR count). The highest BCUT2D eigenvalue weighted by Gasteiger charge is 2.64. The number of ether oxygens (including phenoxy) is 3. The summed E-state index contributed by atoms with van der Waals surface area (Å²) in [6.45, 7) is 6.90. The van der Waals surface area contributed by atoms with Gasteiger partial charge in [0.25, 0.3) is 0 Å². The summed E-state index contributed by atoms with van der Waals surface area (Å²) >= 11 is 0. The van der Waals surface area contributed by atoms with Gasteiger partial charge in [-0.3, -0.25) is 9.28 Å². The molecule has 2 saturated carbocycles. The molecule has 1 aromatic heterocycles. The summed E-state index contributed by atoms with van der Waals surface area (Å²) in [6, 6.07) is 0.551. The number of fused-ring (bicyclic) bond motifs is 2. The van der Waals surface area contributed by atoms with Gasteiger partial charge in [-0.25, -0.2) is 8.42 Å². The number of ketones is 1. The number of Topliss-reactive ketones (excluding diaryl/α,β-unsaturated/α-hetero) is 1. The number of aromatic nitrogens is 3. The quantitative estimate of drug-likeness (QED) is 0.446.